The Hall–Kier alpha value is -2.51. The van der Waals surface area contributed by atoms with E-state index in [0.29, 0.717) is 11.5 Å². The maximum absolute atomic E-state index is 13.0. The van der Waals surface area contributed by atoms with Crippen LogP contribution < -0.4 is 4.72 Å². The van der Waals surface area contributed by atoms with Gasteiger partial charge in [-0.1, -0.05) is 61.4 Å². The molecule has 134 valence electrons. The Balaban J connectivity index is 1.84. The standard InChI is InChI=1S/C19H20N4O2S/c24-26(25,22-16-11-7-8-12-16)19-21-20-18(15-9-3-1-4-10-15)23(19)17-13-5-2-6-14-17/h1-6,9-10,13-14,16,22H,7-8,11-12H2. The Kier molecular flexibility index (Phi) is 4.57. The minimum Gasteiger partial charge on any atom is -0.265 e. The van der Waals surface area contributed by atoms with E-state index in [0.717, 1.165) is 31.2 Å². The quantitative estimate of drug-likeness (QED) is 0.750. The summed E-state index contributed by atoms with van der Waals surface area (Å²) in [6.07, 6.45) is 3.83. The Morgan fingerprint density at radius 3 is 2.15 bits per heavy atom. The second-order valence-electron chi connectivity index (χ2n) is 6.45. The Labute approximate surface area is 153 Å². The summed E-state index contributed by atoms with van der Waals surface area (Å²) in [7, 11) is -3.77. The monoisotopic (exact) mass is 368 g/mol. The number of rotatable bonds is 5. The minimum atomic E-state index is -3.77. The van der Waals surface area contributed by atoms with Gasteiger partial charge in [0.15, 0.2) is 5.82 Å². The molecule has 0 saturated heterocycles. The molecule has 3 aromatic rings. The zero-order valence-corrected chi connectivity index (χ0v) is 15.1. The van der Waals surface area contributed by atoms with E-state index in [2.05, 4.69) is 14.9 Å². The molecular formula is C19H20N4O2S. The second kappa shape index (κ2) is 7.01. The molecule has 1 aliphatic carbocycles. The smallest absolute Gasteiger partial charge is 0.265 e. The van der Waals surface area contributed by atoms with Gasteiger partial charge in [-0.2, -0.15) is 0 Å². The highest BCUT2D eigenvalue weighted by atomic mass is 32.2. The molecule has 0 unspecified atom stereocenters. The van der Waals surface area contributed by atoms with Crippen LogP contribution in [-0.2, 0) is 10.0 Å². The van der Waals surface area contributed by atoms with Gasteiger partial charge in [0, 0.05) is 17.3 Å². The van der Waals surface area contributed by atoms with E-state index >= 15 is 0 Å². The molecule has 0 atom stereocenters. The van der Waals surface area contributed by atoms with Crippen molar-refractivity contribution in [2.45, 2.75) is 36.9 Å². The molecule has 0 aliphatic heterocycles. The van der Waals surface area contributed by atoms with Crippen LogP contribution in [0, 0.1) is 0 Å². The van der Waals surface area contributed by atoms with Gasteiger partial charge >= 0.3 is 0 Å². The van der Waals surface area contributed by atoms with Gasteiger partial charge < -0.3 is 0 Å². The molecular weight excluding hydrogens is 348 g/mol. The zero-order valence-electron chi connectivity index (χ0n) is 14.2. The van der Waals surface area contributed by atoms with E-state index in [1.165, 1.54) is 0 Å². The van der Waals surface area contributed by atoms with Crippen molar-refractivity contribution in [1.82, 2.24) is 19.5 Å². The Bertz CT molecular complexity index is 979. The fraction of sp³-hybridized carbons (Fsp3) is 0.263. The molecule has 6 nitrogen and oxygen atoms in total. The zero-order chi connectivity index (χ0) is 18.0. The van der Waals surface area contributed by atoms with Crippen LogP contribution in [0.15, 0.2) is 65.8 Å². The summed E-state index contributed by atoms with van der Waals surface area (Å²) in [4.78, 5) is 0. The lowest BCUT2D eigenvalue weighted by molar-refractivity contribution is 0.541. The van der Waals surface area contributed by atoms with E-state index in [4.69, 9.17) is 0 Å². The van der Waals surface area contributed by atoms with Crippen molar-refractivity contribution >= 4 is 10.0 Å². The van der Waals surface area contributed by atoms with Crippen molar-refractivity contribution in [2.24, 2.45) is 0 Å². The molecule has 26 heavy (non-hydrogen) atoms. The largest absolute Gasteiger partial charge is 0.276 e. The number of para-hydroxylation sites is 1. The summed E-state index contributed by atoms with van der Waals surface area (Å²) in [5.74, 6) is 0.503. The van der Waals surface area contributed by atoms with Crippen LogP contribution in [0.4, 0.5) is 0 Å². The molecule has 2 aromatic carbocycles. The summed E-state index contributed by atoms with van der Waals surface area (Å²) in [5.41, 5.74) is 1.52. The molecule has 7 heteroatoms. The molecule has 1 aliphatic rings. The fourth-order valence-corrected chi connectivity index (χ4v) is 4.70. The predicted molar refractivity (Wildman–Crippen MR) is 99.4 cm³/mol. The summed E-state index contributed by atoms with van der Waals surface area (Å²) in [6, 6.07) is 18.8. The molecule has 1 saturated carbocycles. The molecule has 0 amide bonds. The van der Waals surface area contributed by atoms with Gasteiger partial charge in [0.05, 0.1) is 0 Å². The van der Waals surface area contributed by atoms with Gasteiger partial charge in [0.1, 0.15) is 0 Å². The average Bonchev–Trinajstić information content (AvgIpc) is 3.32. The molecule has 0 spiro atoms. The molecule has 1 aromatic heterocycles. The molecule has 0 radical (unpaired) electrons. The molecule has 1 fully saturated rings. The molecule has 1 heterocycles. The maximum Gasteiger partial charge on any atom is 0.276 e. The number of nitrogens with one attached hydrogen (secondary N) is 1. The second-order valence-corrected chi connectivity index (χ2v) is 8.05. The van der Waals surface area contributed by atoms with E-state index in [-0.39, 0.29) is 11.2 Å². The minimum absolute atomic E-state index is 0.0268. The maximum atomic E-state index is 13.0. The number of hydrogen-bond acceptors (Lipinski definition) is 4. The summed E-state index contributed by atoms with van der Waals surface area (Å²) in [5, 5.41) is 8.17. The van der Waals surface area contributed by atoms with Crippen molar-refractivity contribution in [1.29, 1.82) is 0 Å². The summed E-state index contributed by atoms with van der Waals surface area (Å²) < 4.78 is 30.4. The Morgan fingerprint density at radius 2 is 1.50 bits per heavy atom. The van der Waals surface area contributed by atoms with E-state index in [1.54, 1.807) is 4.57 Å². The van der Waals surface area contributed by atoms with E-state index < -0.39 is 10.0 Å². The van der Waals surface area contributed by atoms with Gasteiger partial charge in [0.25, 0.3) is 15.2 Å². The van der Waals surface area contributed by atoms with Crippen LogP contribution in [0.2, 0.25) is 0 Å². The van der Waals surface area contributed by atoms with Crippen LogP contribution in [0.3, 0.4) is 0 Å². The van der Waals surface area contributed by atoms with Crippen molar-refractivity contribution in [3.8, 4) is 17.1 Å². The molecule has 4 rings (SSSR count). The number of hydrogen-bond donors (Lipinski definition) is 1. The first kappa shape index (κ1) is 16.9. The topological polar surface area (TPSA) is 76.9 Å². The lowest BCUT2D eigenvalue weighted by Crippen LogP contribution is -2.34. The molecule has 0 bridgehead atoms. The van der Waals surface area contributed by atoms with Crippen LogP contribution in [0.1, 0.15) is 25.7 Å². The van der Waals surface area contributed by atoms with Crippen molar-refractivity contribution in [3.63, 3.8) is 0 Å². The first-order chi connectivity index (χ1) is 12.6. The van der Waals surface area contributed by atoms with Gasteiger partial charge in [0.2, 0.25) is 0 Å². The number of aromatic nitrogens is 3. The number of sulfonamides is 1. The first-order valence-electron chi connectivity index (χ1n) is 8.74. The van der Waals surface area contributed by atoms with E-state index in [9.17, 15) is 8.42 Å². The van der Waals surface area contributed by atoms with Crippen molar-refractivity contribution in [3.05, 3.63) is 60.7 Å². The number of nitrogens with zero attached hydrogens (tertiary/aromatic N) is 3. The normalized spacial score (nSPS) is 15.4. The SMILES string of the molecule is O=S(=O)(NC1CCCC1)c1nnc(-c2ccccc2)n1-c1ccccc1. The lowest BCUT2D eigenvalue weighted by Gasteiger charge is -2.14. The lowest BCUT2D eigenvalue weighted by atomic mass is 10.2. The third kappa shape index (κ3) is 3.27. The van der Waals surface area contributed by atoms with Crippen LogP contribution >= 0.6 is 0 Å². The Morgan fingerprint density at radius 1 is 0.885 bits per heavy atom. The summed E-state index contributed by atoms with van der Waals surface area (Å²) in [6.45, 7) is 0. The van der Waals surface area contributed by atoms with Crippen molar-refractivity contribution in [2.75, 3.05) is 0 Å². The van der Waals surface area contributed by atoms with E-state index in [1.807, 2.05) is 60.7 Å². The van der Waals surface area contributed by atoms with Crippen LogP contribution in [-0.4, -0.2) is 29.2 Å². The average molecular weight is 368 g/mol. The summed E-state index contributed by atoms with van der Waals surface area (Å²) >= 11 is 0. The number of benzene rings is 2. The van der Waals surface area contributed by atoms with Gasteiger partial charge in [-0.15, -0.1) is 10.2 Å². The van der Waals surface area contributed by atoms with Crippen LogP contribution in [0.5, 0.6) is 0 Å². The van der Waals surface area contributed by atoms with Gasteiger partial charge in [-0.05, 0) is 25.0 Å². The highest BCUT2D eigenvalue weighted by molar-refractivity contribution is 7.89. The highest BCUT2D eigenvalue weighted by Gasteiger charge is 2.29. The fourth-order valence-electron chi connectivity index (χ4n) is 3.34. The first-order valence-corrected chi connectivity index (χ1v) is 10.2. The van der Waals surface area contributed by atoms with Crippen molar-refractivity contribution < 1.29 is 8.42 Å². The highest BCUT2D eigenvalue weighted by Crippen LogP contribution is 2.26. The third-order valence-electron chi connectivity index (χ3n) is 4.60. The third-order valence-corrected chi connectivity index (χ3v) is 5.99. The predicted octanol–water partition coefficient (Wildman–Crippen LogP) is 3.16. The van der Waals surface area contributed by atoms with Gasteiger partial charge in [-0.3, -0.25) is 4.57 Å². The van der Waals surface area contributed by atoms with Gasteiger partial charge in [-0.25, -0.2) is 13.1 Å². The van der Waals surface area contributed by atoms with Crippen LogP contribution in [0.25, 0.3) is 17.1 Å². The molecule has 1 N–H and O–H groups in total.